The molecule has 0 aliphatic carbocycles. The summed E-state index contributed by atoms with van der Waals surface area (Å²) in [4.78, 5) is 0. The van der Waals surface area contributed by atoms with Gasteiger partial charge in [0.25, 0.3) is 0 Å². The molecule has 5 heteroatoms. The second-order valence-corrected chi connectivity index (χ2v) is 4.42. The Hall–Kier alpha value is -0.970. The number of nitrogens with one attached hydrogen (secondary N) is 1. The number of rotatable bonds is 8. The van der Waals surface area contributed by atoms with E-state index in [0.717, 1.165) is 18.7 Å². The SMILES string of the molecule is CCCNC(CCc1ccco1)CCC(F)(F)F. The van der Waals surface area contributed by atoms with E-state index < -0.39 is 12.6 Å². The third-order valence-corrected chi connectivity index (χ3v) is 2.78. The lowest BCUT2D eigenvalue weighted by Crippen LogP contribution is -2.31. The zero-order valence-electron chi connectivity index (χ0n) is 10.6. The smallest absolute Gasteiger partial charge is 0.389 e. The lowest BCUT2D eigenvalue weighted by atomic mass is 10.0. The predicted octanol–water partition coefficient (Wildman–Crippen LogP) is 3.92. The highest BCUT2D eigenvalue weighted by molar-refractivity contribution is 4.98. The number of alkyl halides is 3. The number of aryl methyl sites for hydroxylation is 1. The number of hydrogen-bond acceptors (Lipinski definition) is 2. The summed E-state index contributed by atoms with van der Waals surface area (Å²) in [5, 5.41) is 3.16. The average Bonchev–Trinajstić information content (AvgIpc) is 2.79. The zero-order chi connectivity index (χ0) is 13.4. The Morgan fingerprint density at radius 2 is 2.11 bits per heavy atom. The molecule has 1 aromatic heterocycles. The van der Waals surface area contributed by atoms with Crippen LogP contribution in [0.2, 0.25) is 0 Å². The fourth-order valence-electron chi connectivity index (χ4n) is 1.81. The van der Waals surface area contributed by atoms with Crippen molar-refractivity contribution in [2.45, 2.75) is 51.2 Å². The summed E-state index contributed by atoms with van der Waals surface area (Å²) in [6, 6.07) is 3.54. The predicted molar refractivity (Wildman–Crippen MR) is 64.4 cm³/mol. The van der Waals surface area contributed by atoms with Gasteiger partial charge in [-0.3, -0.25) is 0 Å². The summed E-state index contributed by atoms with van der Waals surface area (Å²) in [6.07, 6.45) is -0.827. The molecule has 1 rings (SSSR count). The summed E-state index contributed by atoms with van der Waals surface area (Å²) < 4.78 is 41.8. The van der Waals surface area contributed by atoms with E-state index in [0.29, 0.717) is 12.8 Å². The van der Waals surface area contributed by atoms with Gasteiger partial charge in [0.2, 0.25) is 0 Å². The van der Waals surface area contributed by atoms with Crippen LogP contribution in [-0.4, -0.2) is 18.8 Å². The molecule has 0 spiro atoms. The lowest BCUT2D eigenvalue weighted by molar-refractivity contribution is -0.136. The Kier molecular flexibility index (Phi) is 6.25. The molecule has 18 heavy (non-hydrogen) atoms. The first-order valence-electron chi connectivity index (χ1n) is 6.34. The summed E-state index contributed by atoms with van der Waals surface area (Å²) in [5.41, 5.74) is 0. The second-order valence-electron chi connectivity index (χ2n) is 4.42. The van der Waals surface area contributed by atoms with E-state index in [1.807, 2.05) is 13.0 Å². The van der Waals surface area contributed by atoms with Crippen molar-refractivity contribution in [3.8, 4) is 0 Å². The molecular weight excluding hydrogens is 243 g/mol. The molecule has 1 atom stereocenters. The second kappa shape index (κ2) is 7.46. The fraction of sp³-hybridized carbons (Fsp3) is 0.692. The maximum Gasteiger partial charge on any atom is 0.389 e. The molecule has 2 nitrogen and oxygen atoms in total. The van der Waals surface area contributed by atoms with Gasteiger partial charge in [-0.15, -0.1) is 0 Å². The largest absolute Gasteiger partial charge is 0.469 e. The maximum atomic E-state index is 12.2. The summed E-state index contributed by atoms with van der Waals surface area (Å²) >= 11 is 0. The van der Waals surface area contributed by atoms with Crippen LogP contribution in [0.1, 0.15) is 38.4 Å². The first-order valence-corrected chi connectivity index (χ1v) is 6.34. The van der Waals surface area contributed by atoms with Gasteiger partial charge in [0.05, 0.1) is 6.26 Å². The van der Waals surface area contributed by atoms with Crippen LogP contribution in [0.15, 0.2) is 22.8 Å². The molecule has 1 aromatic rings. The van der Waals surface area contributed by atoms with Crippen LogP contribution in [0.25, 0.3) is 0 Å². The Labute approximate surface area is 106 Å². The Bertz CT molecular complexity index is 309. The molecule has 0 saturated carbocycles. The van der Waals surface area contributed by atoms with E-state index in [2.05, 4.69) is 5.32 Å². The first-order chi connectivity index (χ1) is 8.51. The Balaban J connectivity index is 2.34. The van der Waals surface area contributed by atoms with Gasteiger partial charge in [-0.2, -0.15) is 13.2 Å². The minimum atomic E-state index is -4.07. The van der Waals surface area contributed by atoms with Crippen molar-refractivity contribution >= 4 is 0 Å². The van der Waals surface area contributed by atoms with Gasteiger partial charge in [0.15, 0.2) is 0 Å². The molecule has 0 aromatic carbocycles. The average molecular weight is 263 g/mol. The number of halogens is 3. The van der Waals surface area contributed by atoms with Crippen molar-refractivity contribution in [2.24, 2.45) is 0 Å². The highest BCUT2D eigenvalue weighted by Crippen LogP contribution is 2.23. The zero-order valence-corrected chi connectivity index (χ0v) is 10.6. The van der Waals surface area contributed by atoms with Gasteiger partial charge in [-0.05, 0) is 37.9 Å². The molecule has 104 valence electrons. The van der Waals surface area contributed by atoms with E-state index in [1.54, 1.807) is 12.3 Å². The highest BCUT2D eigenvalue weighted by atomic mass is 19.4. The van der Waals surface area contributed by atoms with Crippen LogP contribution >= 0.6 is 0 Å². The van der Waals surface area contributed by atoms with Crippen molar-refractivity contribution in [3.05, 3.63) is 24.2 Å². The molecule has 0 fully saturated rings. The highest BCUT2D eigenvalue weighted by Gasteiger charge is 2.28. The van der Waals surface area contributed by atoms with Crippen LogP contribution in [-0.2, 0) is 6.42 Å². The summed E-state index contributed by atoms with van der Waals surface area (Å²) in [6.45, 7) is 2.75. The molecule has 0 aliphatic rings. The molecule has 0 saturated heterocycles. The molecule has 1 heterocycles. The quantitative estimate of drug-likeness (QED) is 0.769. The monoisotopic (exact) mass is 263 g/mol. The van der Waals surface area contributed by atoms with E-state index in [-0.39, 0.29) is 12.5 Å². The van der Waals surface area contributed by atoms with Gasteiger partial charge in [0, 0.05) is 18.9 Å². The van der Waals surface area contributed by atoms with Crippen LogP contribution in [0, 0.1) is 0 Å². The van der Waals surface area contributed by atoms with E-state index in [1.165, 1.54) is 0 Å². The molecular formula is C13H20F3NO. The third kappa shape index (κ3) is 6.69. The Morgan fingerprint density at radius 3 is 2.67 bits per heavy atom. The molecule has 0 bridgehead atoms. The van der Waals surface area contributed by atoms with Gasteiger partial charge in [-0.1, -0.05) is 6.92 Å². The molecule has 0 radical (unpaired) electrons. The third-order valence-electron chi connectivity index (χ3n) is 2.78. The van der Waals surface area contributed by atoms with Crippen molar-refractivity contribution < 1.29 is 17.6 Å². The van der Waals surface area contributed by atoms with Gasteiger partial charge in [-0.25, -0.2) is 0 Å². The van der Waals surface area contributed by atoms with E-state index in [4.69, 9.17) is 4.42 Å². The molecule has 0 aliphatic heterocycles. The minimum absolute atomic E-state index is 0.100. The van der Waals surface area contributed by atoms with Crippen molar-refractivity contribution in [3.63, 3.8) is 0 Å². The normalized spacial score (nSPS) is 13.8. The van der Waals surface area contributed by atoms with E-state index in [9.17, 15) is 13.2 Å². The van der Waals surface area contributed by atoms with Crippen LogP contribution in [0.3, 0.4) is 0 Å². The molecule has 0 amide bonds. The summed E-state index contributed by atoms with van der Waals surface area (Å²) in [5.74, 6) is 0.824. The van der Waals surface area contributed by atoms with Gasteiger partial charge >= 0.3 is 6.18 Å². The van der Waals surface area contributed by atoms with E-state index >= 15 is 0 Å². The van der Waals surface area contributed by atoms with Crippen molar-refractivity contribution in [1.82, 2.24) is 5.32 Å². The topological polar surface area (TPSA) is 25.2 Å². The lowest BCUT2D eigenvalue weighted by Gasteiger charge is -2.18. The van der Waals surface area contributed by atoms with Crippen molar-refractivity contribution in [1.29, 1.82) is 0 Å². The van der Waals surface area contributed by atoms with Crippen molar-refractivity contribution in [2.75, 3.05) is 6.54 Å². The first kappa shape index (κ1) is 15.1. The van der Waals surface area contributed by atoms with Gasteiger partial charge in [0.1, 0.15) is 5.76 Å². The summed E-state index contributed by atoms with van der Waals surface area (Å²) in [7, 11) is 0. The number of hydrogen-bond donors (Lipinski definition) is 1. The van der Waals surface area contributed by atoms with Crippen LogP contribution < -0.4 is 5.32 Å². The number of furan rings is 1. The minimum Gasteiger partial charge on any atom is -0.469 e. The van der Waals surface area contributed by atoms with Crippen LogP contribution in [0.4, 0.5) is 13.2 Å². The maximum absolute atomic E-state index is 12.2. The standard InChI is InChI=1S/C13H20F3NO/c1-2-9-17-11(7-8-13(14,15)16)5-6-12-4-3-10-18-12/h3-4,10-11,17H,2,5-9H2,1H3. The Morgan fingerprint density at radius 1 is 1.33 bits per heavy atom. The molecule has 1 unspecified atom stereocenters. The van der Waals surface area contributed by atoms with Gasteiger partial charge < -0.3 is 9.73 Å². The van der Waals surface area contributed by atoms with Crippen LogP contribution in [0.5, 0.6) is 0 Å². The molecule has 1 N–H and O–H groups in total. The fourth-order valence-corrected chi connectivity index (χ4v) is 1.81.